The van der Waals surface area contributed by atoms with Gasteiger partial charge in [-0.05, 0) is 54.1 Å². The second kappa shape index (κ2) is 11.6. The number of benzene rings is 3. The Hall–Kier alpha value is -4.84. The molecule has 1 aromatic heterocycles. The molecular weight excluding hydrogens is 647 g/mol. The van der Waals surface area contributed by atoms with Gasteiger partial charge in [-0.1, -0.05) is 35.2 Å². The third-order valence-electron chi connectivity index (χ3n) is 7.20. The van der Waals surface area contributed by atoms with Crippen LogP contribution in [0.15, 0.2) is 87.5 Å². The number of amides is 3. The van der Waals surface area contributed by atoms with Gasteiger partial charge < -0.3 is 15.0 Å². The van der Waals surface area contributed by atoms with Gasteiger partial charge in [0.05, 0.1) is 26.5 Å². The maximum atomic E-state index is 13.9. The number of rotatable bonds is 8. The summed E-state index contributed by atoms with van der Waals surface area (Å²) in [5, 5.41) is 18.4. The highest BCUT2D eigenvalue weighted by atomic mass is 32.2. The number of primary sulfonamides is 1. The number of hydrogen-bond donors (Lipinski definition) is 3. The number of aromatic nitrogens is 1. The molecule has 230 valence electrons. The second-order valence-electron chi connectivity index (χ2n) is 10.0. The molecule has 0 radical (unpaired) electrons. The van der Waals surface area contributed by atoms with Crippen LogP contribution in [0.25, 0.3) is 0 Å². The van der Waals surface area contributed by atoms with Crippen LogP contribution in [0, 0.1) is 16.0 Å². The average molecular weight is 668 g/mol. The number of ether oxygens (including phenoxy) is 1. The van der Waals surface area contributed by atoms with Crippen LogP contribution < -0.4 is 25.0 Å². The topological polar surface area (TPSA) is 212 Å². The molecule has 4 aromatic rings. The van der Waals surface area contributed by atoms with E-state index >= 15 is 0 Å². The minimum atomic E-state index is -3.88. The predicted octanol–water partition coefficient (Wildman–Crippen LogP) is 2.81. The van der Waals surface area contributed by atoms with Crippen LogP contribution >= 0.6 is 23.1 Å². The van der Waals surface area contributed by atoms with E-state index in [2.05, 4.69) is 10.3 Å². The van der Waals surface area contributed by atoms with Gasteiger partial charge in [-0.15, -0.1) is 0 Å². The summed E-state index contributed by atoms with van der Waals surface area (Å²) in [6, 6.07) is 17.0. The van der Waals surface area contributed by atoms with Gasteiger partial charge in [0.25, 0.3) is 11.6 Å². The molecule has 1 fully saturated rings. The number of nitrogens with zero attached hydrogens (tertiary/aromatic N) is 2. The quantitative estimate of drug-likeness (QED) is 0.142. The van der Waals surface area contributed by atoms with Crippen molar-refractivity contribution in [2.24, 2.45) is 11.1 Å². The third kappa shape index (κ3) is 5.85. The first-order valence-electron chi connectivity index (χ1n) is 13.1. The number of aromatic amines is 1. The van der Waals surface area contributed by atoms with Crippen molar-refractivity contribution in [1.29, 1.82) is 0 Å². The third-order valence-corrected chi connectivity index (χ3v) is 10.5. The van der Waals surface area contributed by atoms with Crippen molar-refractivity contribution in [2.45, 2.75) is 21.1 Å². The summed E-state index contributed by atoms with van der Waals surface area (Å²) >= 11 is 2.03. The number of sulfonamides is 1. The Kier molecular flexibility index (Phi) is 7.77. The normalized spacial score (nSPS) is 19.1. The number of carbonyl (C=O) groups excluding carboxylic acids is 3. The van der Waals surface area contributed by atoms with Crippen molar-refractivity contribution < 1.29 is 32.5 Å². The van der Waals surface area contributed by atoms with Gasteiger partial charge in [-0.2, -0.15) is 0 Å². The van der Waals surface area contributed by atoms with E-state index in [4.69, 9.17) is 9.88 Å². The molecule has 3 heterocycles. The van der Waals surface area contributed by atoms with Gasteiger partial charge in [0.2, 0.25) is 21.8 Å². The van der Waals surface area contributed by atoms with Gasteiger partial charge in [-0.3, -0.25) is 29.3 Å². The highest BCUT2D eigenvalue weighted by Gasteiger charge is 2.56. The van der Waals surface area contributed by atoms with Gasteiger partial charge in [0.15, 0.2) is 6.61 Å². The van der Waals surface area contributed by atoms with Crippen molar-refractivity contribution in [3.8, 4) is 5.75 Å². The first kappa shape index (κ1) is 30.2. The molecule has 4 N–H and O–H groups in total. The van der Waals surface area contributed by atoms with Crippen LogP contribution in [-0.4, -0.2) is 47.9 Å². The number of carbonyl (C=O) groups is 3. The molecule has 3 amide bonds. The number of H-pyrrole nitrogens is 1. The van der Waals surface area contributed by atoms with E-state index in [1.54, 1.807) is 24.3 Å². The van der Waals surface area contributed by atoms with Gasteiger partial charge in [0, 0.05) is 28.6 Å². The van der Waals surface area contributed by atoms with Crippen molar-refractivity contribution >= 4 is 67.9 Å². The molecule has 2 aliphatic rings. The molecular formula is C28H21N5O9S3. The van der Waals surface area contributed by atoms with Crippen LogP contribution in [0.2, 0.25) is 0 Å². The monoisotopic (exact) mass is 667 g/mol. The van der Waals surface area contributed by atoms with E-state index < -0.39 is 56.4 Å². The maximum Gasteiger partial charge on any atom is 0.305 e. The van der Waals surface area contributed by atoms with Crippen LogP contribution in [0.3, 0.4) is 0 Å². The molecule has 0 unspecified atom stereocenters. The number of hydrogen-bond acceptors (Lipinski definition) is 11. The summed E-state index contributed by atoms with van der Waals surface area (Å²) in [4.78, 5) is 66.8. The number of nitrogens with one attached hydrogen (secondary N) is 2. The molecule has 0 bridgehead atoms. The van der Waals surface area contributed by atoms with E-state index in [0.29, 0.717) is 21.2 Å². The van der Waals surface area contributed by atoms with Crippen LogP contribution in [0.1, 0.15) is 16.4 Å². The smallest absolute Gasteiger partial charge is 0.305 e. The number of nitrogens with two attached hydrogens (primary N) is 1. The SMILES string of the molecule is NS(=O)(=O)c1ccc(NC(=O)COc2cccc([C@@H]3c4sc(=O)[nH]c4S[C@H]4C(=O)N(c5ccc([N+](=O)[O-])cc5)C(=O)[C@@H]34)c2)cc1. The first-order valence-corrected chi connectivity index (χ1v) is 16.3. The van der Waals surface area contributed by atoms with Crippen LogP contribution in [-0.2, 0) is 24.4 Å². The molecule has 6 rings (SSSR count). The van der Waals surface area contributed by atoms with E-state index in [-0.39, 0.29) is 26.9 Å². The van der Waals surface area contributed by atoms with Crippen molar-refractivity contribution in [3.05, 3.63) is 103 Å². The predicted molar refractivity (Wildman–Crippen MR) is 164 cm³/mol. The van der Waals surface area contributed by atoms with Gasteiger partial charge in [-0.25, -0.2) is 18.5 Å². The summed E-state index contributed by atoms with van der Waals surface area (Å²) < 4.78 is 28.6. The molecule has 0 aliphatic carbocycles. The molecule has 3 aromatic carbocycles. The molecule has 45 heavy (non-hydrogen) atoms. The lowest BCUT2D eigenvalue weighted by atomic mass is 9.83. The van der Waals surface area contributed by atoms with Crippen molar-refractivity contribution in [3.63, 3.8) is 0 Å². The van der Waals surface area contributed by atoms with E-state index in [0.717, 1.165) is 28.0 Å². The summed E-state index contributed by atoms with van der Waals surface area (Å²) in [5.41, 5.74) is 0.911. The van der Waals surface area contributed by atoms with Crippen molar-refractivity contribution in [1.82, 2.24) is 4.98 Å². The Balaban J connectivity index is 1.24. The molecule has 0 saturated carbocycles. The Bertz CT molecular complexity index is 2030. The van der Waals surface area contributed by atoms with Crippen molar-refractivity contribution in [2.75, 3.05) is 16.8 Å². The molecule has 0 spiro atoms. The van der Waals surface area contributed by atoms with Gasteiger partial charge >= 0.3 is 4.87 Å². The Morgan fingerprint density at radius 1 is 1.04 bits per heavy atom. The number of fused-ring (bicyclic) bond motifs is 2. The zero-order valence-electron chi connectivity index (χ0n) is 22.7. The number of thioether (sulfide) groups is 1. The number of anilines is 2. The molecule has 1 saturated heterocycles. The van der Waals surface area contributed by atoms with Crippen LogP contribution in [0.5, 0.6) is 5.75 Å². The summed E-state index contributed by atoms with van der Waals surface area (Å²) in [6.07, 6.45) is 0. The zero-order valence-corrected chi connectivity index (χ0v) is 25.2. The zero-order chi connectivity index (χ0) is 32.0. The minimum Gasteiger partial charge on any atom is -0.484 e. The summed E-state index contributed by atoms with van der Waals surface area (Å²) in [5.74, 6) is -2.86. The average Bonchev–Trinajstić information content (AvgIpc) is 3.50. The lowest BCUT2D eigenvalue weighted by molar-refractivity contribution is -0.384. The highest BCUT2D eigenvalue weighted by Crippen LogP contribution is 2.53. The maximum absolute atomic E-state index is 13.9. The Labute approximate surface area is 262 Å². The fourth-order valence-electron chi connectivity index (χ4n) is 5.23. The summed E-state index contributed by atoms with van der Waals surface area (Å²) in [6.45, 7) is -0.402. The fourth-order valence-corrected chi connectivity index (χ4v) is 8.26. The Morgan fingerprint density at radius 2 is 1.76 bits per heavy atom. The number of thiazole rings is 1. The van der Waals surface area contributed by atoms with E-state index in [1.807, 2.05) is 0 Å². The van der Waals surface area contributed by atoms with E-state index in [1.165, 1.54) is 48.5 Å². The second-order valence-corrected chi connectivity index (χ2v) is 13.7. The highest BCUT2D eigenvalue weighted by molar-refractivity contribution is 8.00. The number of non-ortho nitro benzene ring substituents is 1. The largest absolute Gasteiger partial charge is 0.484 e. The molecule has 17 heteroatoms. The Morgan fingerprint density at radius 3 is 2.42 bits per heavy atom. The fraction of sp³-hybridized carbons (Fsp3) is 0.143. The number of nitro benzene ring substituents is 1. The van der Waals surface area contributed by atoms with E-state index in [9.17, 15) is 37.7 Å². The van der Waals surface area contributed by atoms with Crippen LogP contribution in [0.4, 0.5) is 17.1 Å². The minimum absolute atomic E-state index is 0.106. The standard InChI is InChI=1S/C28H21N5O9S3/c29-45(40,41)19-10-4-15(5-11-19)30-20(34)13-42-18-3-1-2-14(12-18)21-22-24(43-25-23(21)44-28(37)31-25)27(36)32(26(22)35)16-6-8-17(9-7-16)33(38)39/h1-12,21-22,24H,13H2,(H,30,34)(H,31,37)(H2,29,40,41)/t21-,22-,24+/m0/s1. The lowest BCUT2D eigenvalue weighted by Gasteiger charge is -2.30. The first-order chi connectivity index (χ1) is 21.4. The molecule has 14 nitrogen and oxygen atoms in total. The summed E-state index contributed by atoms with van der Waals surface area (Å²) in [7, 11) is -3.88. The van der Waals surface area contributed by atoms with Gasteiger partial charge in [0.1, 0.15) is 11.0 Å². The lowest BCUT2D eigenvalue weighted by Crippen LogP contribution is -2.32. The number of imide groups is 1. The molecule has 2 aliphatic heterocycles. The number of nitro groups is 1. The molecule has 3 atom stereocenters.